The zero-order chi connectivity index (χ0) is 43.3. The Hall–Kier alpha value is -8.66. The van der Waals surface area contributed by atoms with Crippen molar-refractivity contribution in [2.45, 2.75) is 5.41 Å². The van der Waals surface area contributed by atoms with Crippen molar-refractivity contribution >= 4 is 43.5 Å². The first kappa shape index (κ1) is 36.8. The van der Waals surface area contributed by atoms with Crippen LogP contribution in [0.3, 0.4) is 0 Å². The van der Waals surface area contributed by atoms with Crippen LogP contribution in [0, 0.1) is 0 Å². The number of hydrogen-bond donors (Lipinski definition) is 0. The fraction of sp³-hybridized carbons (Fsp3) is 0.0159. The van der Waals surface area contributed by atoms with Gasteiger partial charge in [-0.1, -0.05) is 182 Å². The van der Waals surface area contributed by atoms with E-state index in [-0.39, 0.29) is 0 Å². The third-order valence-corrected chi connectivity index (χ3v) is 14.0. The predicted octanol–water partition coefficient (Wildman–Crippen LogP) is 17.2. The minimum Gasteiger partial charge on any atom is -0.456 e. The van der Waals surface area contributed by atoms with Crippen molar-refractivity contribution in [3.63, 3.8) is 0 Å². The predicted molar refractivity (Wildman–Crippen MR) is 269 cm³/mol. The van der Waals surface area contributed by atoms with Crippen LogP contribution in [-0.4, -0.2) is 0 Å². The molecule has 0 saturated carbocycles. The summed E-state index contributed by atoms with van der Waals surface area (Å²) < 4.78 is 19.9. The molecule has 2 aliphatic rings. The van der Waals surface area contributed by atoms with Crippen LogP contribution in [0.15, 0.2) is 235 Å². The van der Waals surface area contributed by atoms with E-state index in [1.54, 1.807) is 0 Å². The molecule has 14 rings (SSSR count). The lowest BCUT2D eigenvalue weighted by molar-refractivity contribution is 0.359. The Morgan fingerprint density at radius 2 is 0.773 bits per heavy atom. The van der Waals surface area contributed by atoms with E-state index in [4.69, 9.17) is 13.9 Å². The molecule has 1 aliphatic carbocycles. The van der Waals surface area contributed by atoms with E-state index in [9.17, 15) is 0 Å². The Morgan fingerprint density at radius 1 is 0.273 bits per heavy atom. The molecule has 0 spiro atoms. The average Bonchev–Trinajstić information content (AvgIpc) is 3.90. The largest absolute Gasteiger partial charge is 0.456 e. The molecule has 0 radical (unpaired) electrons. The fourth-order valence-corrected chi connectivity index (χ4v) is 11.2. The third kappa shape index (κ3) is 5.26. The minimum atomic E-state index is -0.659. The Labute approximate surface area is 381 Å². The number of rotatable bonds is 5. The first-order valence-corrected chi connectivity index (χ1v) is 22.6. The number of benzene rings is 11. The molecule has 0 amide bonds. The van der Waals surface area contributed by atoms with Crippen LogP contribution in [0.25, 0.3) is 88.0 Å². The fourth-order valence-electron chi connectivity index (χ4n) is 11.2. The Morgan fingerprint density at radius 3 is 1.38 bits per heavy atom. The quantitative estimate of drug-likeness (QED) is 0.162. The van der Waals surface area contributed by atoms with Gasteiger partial charge in [0.25, 0.3) is 0 Å². The van der Waals surface area contributed by atoms with Crippen LogP contribution >= 0.6 is 0 Å². The summed E-state index contributed by atoms with van der Waals surface area (Å²) in [5, 5.41) is 6.97. The van der Waals surface area contributed by atoms with Gasteiger partial charge in [-0.05, 0) is 137 Å². The lowest BCUT2D eigenvalue weighted by atomic mass is 9.67. The number of fused-ring (bicyclic) bond motifs is 10. The van der Waals surface area contributed by atoms with Crippen molar-refractivity contribution in [1.29, 1.82) is 0 Å². The van der Waals surface area contributed by atoms with Crippen LogP contribution in [0.1, 0.15) is 22.3 Å². The van der Waals surface area contributed by atoms with E-state index in [1.807, 2.05) is 24.3 Å². The molecule has 0 unspecified atom stereocenters. The monoisotopic (exact) mass is 842 g/mol. The Balaban J connectivity index is 1.05. The molecule has 1 aromatic heterocycles. The van der Waals surface area contributed by atoms with Crippen molar-refractivity contribution < 1.29 is 13.9 Å². The number of ether oxygens (including phenoxy) is 2. The summed E-state index contributed by atoms with van der Waals surface area (Å²) >= 11 is 0. The lowest BCUT2D eigenvalue weighted by Crippen LogP contribution is -2.28. The average molecular weight is 843 g/mol. The van der Waals surface area contributed by atoms with Crippen molar-refractivity contribution in [2.24, 2.45) is 0 Å². The normalized spacial score (nSPS) is 13.2. The van der Waals surface area contributed by atoms with E-state index in [0.29, 0.717) is 23.0 Å². The highest BCUT2D eigenvalue weighted by Gasteiger charge is 2.48. The van der Waals surface area contributed by atoms with Crippen LogP contribution in [0.5, 0.6) is 23.0 Å². The minimum absolute atomic E-state index is 0.659. The highest BCUT2D eigenvalue weighted by Crippen LogP contribution is 2.62. The molecule has 308 valence electrons. The zero-order valence-corrected chi connectivity index (χ0v) is 35.7. The number of furan rings is 1. The SMILES string of the molecule is c1ccc(-c2ccc3oc4ccc(-c5c6ccccc6c(-c6cccc7c6-c6cc8c(cc6C7(c6ccccc6)c6ccccc6)Oc6ccccc6O8)c6ccccc56)cc4c3c2)cc1. The molecule has 0 saturated heterocycles. The van der Waals surface area contributed by atoms with Gasteiger partial charge < -0.3 is 13.9 Å². The summed E-state index contributed by atoms with van der Waals surface area (Å²) in [5.41, 5.74) is 15.2. The maximum Gasteiger partial charge on any atom is 0.170 e. The van der Waals surface area contributed by atoms with E-state index in [2.05, 4.69) is 206 Å². The van der Waals surface area contributed by atoms with Gasteiger partial charge in [-0.15, -0.1) is 0 Å². The Kier molecular flexibility index (Phi) is 7.90. The molecule has 3 nitrogen and oxygen atoms in total. The lowest BCUT2D eigenvalue weighted by Gasteiger charge is -2.34. The van der Waals surface area contributed by atoms with Gasteiger partial charge in [0.15, 0.2) is 23.0 Å². The van der Waals surface area contributed by atoms with Gasteiger partial charge in [-0.25, -0.2) is 0 Å². The zero-order valence-electron chi connectivity index (χ0n) is 35.7. The van der Waals surface area contributed by atoms with Gasteiger partial charge in [-0.3, -0.25) is 0 Å². The second-order valence-corrected chi connectivity index (χ2v) is 17.4. The topological polar surface area (TPSA) is 31.6 Å². The summed E-state index contributed by atoms with van der Waals surface area (Å²) in [7, 11) is 0. The highest BCUT2D eigenvalue weighted by molar-refractivity contribution is 6.23. The van der Waals surface area contributed by atoms with Gasteiger partial charge in [0, 0.05) is 10.8 Å². The molecule has 0 fully saturated rings. The summed E-state index contributed by atoms with van der Waals surface area (Å²) in [5.74, 6) is 2.83. The molecule has 66 heavy (non-hydrogen) atoms. The van der Waals surface area contributed by atoms with Gasteiger partial charge in [0.1, 0.15) is 11.2 Å². The second-order valence-electron chi connectivity index (χ2n) is 17.4. The van der Waals surface area contributed by atoms with Gasteiger partial charge in [0.2, 0.25) is 0 Å². The molecule has 11 aromatic carbocycles. The van der Waals surface area contributed by atoms with Crippen LogP contribution < -0.4 is 9.47 Å². The van der Waals surface area contributed by atoms with Crippen LogP contribution in [0.2, 0.25) is 0 Å². The van der Waals surface area contributed by atoms with Crippen molar-refractivity contribution in [3.05, 3.63) is 253 Å². The van der Waals surface area contributed by atoms with Crippen molar-refractivity contribution in [3.8, 4) is 67.5 Å². The molecule has 12 aromatic rings. The molecular formula is C63H38O3. The molecule has 3 heteroatoms. The maximum atomic E-state index is 6.70. The maximum absolute atomic E-state index is 6.70. The standard InChI is InChI=1S/C63H38O3/c1-4-17-39(18-5-1)40-31-33-54-49(35-40)50-36-41(32-34-55(50)64-54)60-44-23-10-12-25-46(44)61(47-26-13-11-24-45(47)60)48-27-16-28-52-62(48)51-37-58-59(66-57-30-15-14-29-56(57)65-58)38-53(51)63(52,42-19-6-2-7-20-42)43-21-8-3-9-22-43/h1-38H. The molecule has 2 heterocycles. The van der Waals surface area contributed by atoms with Crippen molar-refractivity contribution in [2.75, 3.05) is 0 Å². The number of hydrogen-bond acceptors (Lipinski definition) is 3. The highest BCUT2D eigenvalue weighted by atomic mass is 16.6. The van der Waals surface area contributed by atoms with Gasteiger partial charge in [0.05, 0.1) is 5.41 Å². The summed E-state index contributed by atoms with van der Waals surface area (Å²) in [6, 6.07) is 82.9. The van der Waals surface area contributed by atoms with Gasteiger partial charge >= 0.3 is 0 Å². The molecular weight excluding hydrogens is 805 g/mol. The smallest absolute Gasteiger partial charge is 0.170 e. The first-order valence-electron chi connectivity index (χ1n) is 22.6. The van der Waals surface area contributed by atoms with E-state index in [1.165, 1.54) is 71.6 Å². The summed E-state index contributed by atoms with van der Waals surface area (Å²) in [6.07, 6.45) is 0. The van der Waals surface area contributed by atoms with Gasteiger partial charge in [-0.2, -0.15) is 0 Å². The van der Waals surface area contributed by atoms with E-state index in [0.717, 1.165) is 38.6 Å². The van der Waals surface area contributed by atoms with Crippen molar-refractivity contribution in [1.82, 2.24) is 0 Å². The van der Waals surface area contributed by atoms with E-state index >= 15 is 0 Å². The first-order chi connectivity index (χ1) is 32.7. The van der Waals surface area contributed by atoms with Crippen LogP contribution in [0.4, 0.5) is 0 Å². The molecule has 0 N–H and O–H groups in total. The molecule has 0 bridgehead atoms. The summed E-state index contributed by atoms with van der Waals surface area (Å²) in [6.45, 7) is 0. The number of para-hydroxylation sites is 2. The van der Waals surface area contributed by atoms with Crippen LogP contribution in [-0.2, 0) is 5.41 Å². The summed E-state index contributed by atoms with van der Waals surface area (Å²) in [4.78, 5) is 0. The van der Waals surface area contributed by atoms with E-state index < -0.39 is 5.41 Å². The third-order valence-electron chi connectivity index (χ3n) is 14.0. The molecule has 1 aliphatic heterocycles. The second kappa shape index (κ2) is 14.2. The molecule has 0 atom stereocenters. The Bertz CT molecular complexity index is 3830.